The molecule has 6 nitrogen and oxygen atoms in total. The largest absolute Gasteiger partial charge is 0.477 e. The molecule has 0 aromatic carbocycles. The number of sulfonamides is 1. The van der Waals surface area contributed by atoms with E-state index < -0.39 is 16.0 Å². The first-order valence-electron chi connectivity index (χ1n) is 7.27. The van der Waals surface area contributed by atoms with E-state index in [2.05, 4.69) is 11.6 Å². The molecule has 0 unspecified atom stereocenters. The third-order valence-electron chi connectivity index (χ3n) is 4.12. The molecule has 0 bridgehead atoms. The Bertz CT molecular complexity index is 629. The van der Waals surface area contributed by atoms with Crippen LogP contribution in [0.1, 0.15) is 50.0 Å². The first-order valence-corrected chi connectivity index (χ1v) is 8.75. The molecule has 21 heavy (non-hydrogen) atoms. The van der Waals surface area contributed by atoms with Gasteiger partial charge in [0.05, 0.1) is 0 Å². The Morgan fingerprint density at radius 2 is 2.10 bits per heavy atom. The van der Waals surface area contributed by atoms with Gasteiger partial charge in [-0.1, -0.05) is 13.3 Å². The highest BCUT2D eigenvalue weighted by atomic mass is 32.2. The number of rotatable bonds is 8. The van der Waals surface area contributed by atoms with Crippen LogP contribution in [0.25, 0.3) is 0 Å². The Kier molecular flexibility index (Phi) is 4.43. The number of nitrogens with zero attached hydrogens (tertiary/aromatic N) is 1. The van der Waals surface area contributed by atoms with E-state index in [0.29, 0.717) is 13.1 Å². The summed E-state index contributed by atoms with van der Waals surface area (Å²) in [4.78, 5) is 11.1. The minimum absolute atomic E-state index is 0.00688. The molecule has 0 saturated heterocycles. The van der Waals surface area contributed by atoms with Crippen LogP contribution in [0.15, 0.2) is 17.2 Å². The highest BCUT2D eigenvalue weighted by Gasteiger charge is 2.42. The first kappa shape index (κ1) is 16.0. The molecule has 0 spiro atoms. The summed E-state index contributed by atoms with van der Waals surface area (Å²) in [6.45, 7) is 4.71. The second-order valence-corrected chi connectivity index (χ2v) is 7.49. The van der Waals surface area contributed by atoms with Gasteiger partial charge < -0.3 is 9.67 Å². The summed E-state index contributed by atoms with van der Waals surface area (Å²) < 4.78 is 28.7. The third kappa shape index (κ3) is 3.47. The molecule has 0 amide bonds. The Labute approximate surface area is 125 Å². The van der Waals surface area contributed by atoms with Crippen LogP contribution >= 0.6 is 0 Å². The van der Waals surface area contributed by atoms with Gasteiger partial charge in [0.25, 0.3) is 0 Å². The van der Waals surface area contributed by atoms with Gasteiger partial charge in [-0.05, 0) is 37.7 Å². The van der Waals surface area contributed by atoms with Crippen molar-refractivity contribution >= 4 is 16.0 Å². The lowest BCUT2D eigenvalue weighted by molar-refractivity contribution is 0.0685. The molecule has 0 atom stereocenters. The second kappa shape index (κ2) is 5.81. The first-order chi connectivity index (χ1) is 9.83. The SMILES string of the molecule is CCCC1(CNS(=O)(=O)c2cc(C(=O)O)n(CC)c2)CC1. The van der Waals surface area contributed by atoms with Gasteiger partial charge in [0.1, 0.15) is 10.6 Å². The van der Waals surface area contributed by atoms with Crippen molar-refractivity contribution < 1.29 is 18.3 Å². The third-order valence-corrected chi connectivity index (χ3v) is 5.48. The van der Waals surface area contributed by atoms with Crippen LogP contribution in [0.5, 0.6) is 0 Å². The van der Waals surface area contributed by atoms with Crippen molar-refractivity contribution in [2.45, 2.75) is 51.0 Å². The smallest absolute Gasteiger partial charge is 0.352 e. The number of carbonyl (C=O) groups is 1. The van der Waals surface area contributed by atoms with Gasteiger partial charge >= 0.3 is 5.97 Å². The van der Waals surface area contributed by atoms with E-state index in [1.54, 1.807) is 6.92 Å². The number of aryl methyl sites for hydroxylation is 1. The molecule has 1 fully saturated rings. The van der Waals surface area contributed by atoms with Crippen LogP contribution in [-0.4, -0.2) is 30.6 Å². The van der Waals surface area contributed by atoms with Crippen LogP contribution in [0.2, 0.25) is 0 Å². The zero-order valence-electron chi connectivity index (χ0n) is 12.4. The maximum atomic E-state index is 12.3. The number of aromatic nitrogens is 1. The fourth-order valence-corrected chi connectivity index (χ4v) is 3.82. The van der Waals surface area contributed by atoms with Crippen LogP contribution in [0.4, 0.5) is 0 Å². The summed E-state index contributed by atoms with van der Waals surface area (Å²) >= 11 is 0. The van der Waals surface area contributed by atoms with Crippen LogP contribution < -0.4 is 4.72 Å². The molecule has 1 saturated carbocycles. The van der Waals surface area contributed by atoms with Crippen molar-refractivity contribution in [2.75, 3.05) is 6.54 Å². The van der Waals surface area contributed by atoms with E-state index in [9.17, 15) is 13.2 Å². The minimum Gasteiger partial charge on any atom is -0.477 e. The molecule has 2 N–H and O–H groups in total. The summed E-state index contributed by atoms with van der Waals surface area (Å²) in [5.74, 6) is -1.12. The molecule has 1 aliphatic rings. The molecular weight excluding hydrogens is 292 g/mol. The fraction of sp³-hybridized carbons (Fsp3) is 0.643. The highest BCUT2D eigenvalue weighted by molar-refractivity contribution is 7.89. The van der Waals surface area contributed by atoms with Gasteiger partial charge in [-0.3, -0.25) is 0 Å². The number of carboxylic acids is 1. The average molecular weight is 314 g/mol. The standard InChI is InChI=1S/C14H22N2O4S/c1-3-5-14(6-7-14)10-15-21(19,20)11-8-12(13(17)18)16(4-2)9-11/h8-9,15H,3-7,10H2,1-2H3,(H,17,18). The lowest BCUT2D eigenvalue weighted by Crippen LogP contribution is -2.30. The molecule has 118 valence electrons. The predicted octanol–water partition coefficient (Wildman–Crippen LogP) is 2.06. The van der Waals surface area contributed by atoms with Crippen molar-refractivity contribution in [3.63, 3.8) is 0 Å². The van der Waals surface area contributed by atoms with Crippen molar-refractivity contribution in [3.8, 4) is 0 Å². The molecule has 1 aromatic heterocycles. The summed E-state index contributed by atoms with van der Waals surface area (Å²) in [6, 6.07) is 1.22. The summed E-state index contributed by atoms with van der Waals surface area (Å²) in [6.07, 6.45) is 5.55. The number of hydrogen-bond donors (Lipinski definition) is 2. The van der Waals surface area contributed by atoms with Gasteiger partial charge in [0.15, 0.2) is 0 Å². The molecule has 0 aliphatic heterocycles. The lowest BCUT2D eigenvalue weighted by atomic mass is 10.0. The van der Waals surface area contributed by atoms with Gasteiger partial charge in [0.2, 0.25) is 10.0 Å². The van der Waals surface area contributed by atoms with E-state index in [4.69, 9.17) is 5.11 Å². The molecule has 7 heteroatoms. The van der Waals surface area contributed by atoms with Crippen molar-refractivity contribution in [1.82, 2.24) is 9.29 Å². The Balaban J connectivity index is 2.14. The summed E-state index contributed by atoms with van der Waals surface area (Å²) in [7, 11) is -3.65. The molecule has 2 rings (SSSR count). The van der Waals surface area contributed by atoms with Crippen LogP contribution in [0, 0.1) is 5.41 Å². The van der Waals surface area contributed by atoms with Gasteiger partial charge in [-0.15, -0.1) is 0 Å². The van der Waals surface area contributed by atoms with Gasteiger partial charge in [0, 0.05) is 19.3 Å². The molecule has 0 radical (unpaired) electrons. The number of aromatic carboxylic acids is 1. The van der Waals surface area contributed by atoms with E-state index in [0.717, 1.165) is 25.7 Å². The minimum atomic E-state index is -3.65. The number of nitrogens with one attached hydrogen (secondary N) is 1. The maximum Gasteiger partial charge on any atom is 0.352 e. The quantitative estimate of drug-likeness (QED) is 0.769. The zero-order valence-corrected chi connectivity index (χ0v) is 13.2. The molecule has 1 aliphatic carbocycles. The Morgan fingerprint density at radius 1 is 1.43 bits per heavy atom. The molecule has 1 heterocycles. The average Bonchev–Trinajstić information content (AvgIpc) is 3.03. The van der Waals surface area contributed by atoms with E-state index in [1.807, 2.05) is 0 Å². The maximum absolute atomic E-state index is 12.3. The summed E-state index contributed by atoms with van der Waals surface area (Å²) in [5, 5.41) is 9.08. The second-order valence-electron chi connectivity index (χ2n) is 5.73. The molecule has 1 aromatic rings. The number of hydrogen-bond acceptors (Lipinski definition) is 3. The van der Waals surface area contributed by atoms with Crippen LogP contribution in [0.3, 0.4) is 0 Å². The van der Waals surface area contributed by atoms with Gasteiger partial charge in [-0.2, -0.15) is 0 Å². The van der Waals surface area contributed by atoms with E-state index in [-0.39, 0.29) is 16.0 Å². The zero-order chi connectivity index (χ0) is 15.7. The van der Waals surface area contributed by atoms with Gasteiger partial charge in [-0.25, -0.2) is 17.9 Å². The van der Waals surface area contributed by atoms with E-state index >= 15 is 0 Å². The topological polar surface area (TPSA) is 88.4 Å². The lowest BCUT2D eigenvalue weighted by Gasteiger charge is -2.14. The highest BCUT2D eigenvalue weighted by Crippen LogP contribution is 2.49. The Morgan fingerprint density at radius 3 is 2.52 bits per heavy atom. The normalized spacial score (nSPS) is 16.9. The van der Waals surface area contributed by atoms with Crippen LogP contribution in [-0.2, 0) is 16.6 Å². The monoisotopic (exact) mass is 314 g/mol. The van der Waals surface area contributed by atoms with E-state index in [1.165, 1.54) is 16.8 Å². The van der Waals surface area contributed by atoms with Crippen molar-refractivity contribution in [1.29, 1.82) is 0 Å². The fourth-order valence-electron chi connectivity index (χ4n) is 2.62. The molecular formula is C14H22N2O4S. The van der Waals surface area contributed by atoms with Crippen molar-refractivity contribution in [2.24, 2.45) is 5.41 Å². The predicted molar refractivity (Wildman–Crippen MR) is 78.8 cm³/mol. The number of carboxylic acid groups (broad SMARTS) is 1. The Hall–Kier alpha value is -1.34. The van der Waals surface area contributed by atoms with Crippen molar-refractivity contribution in [3.05, 3.63) is 18.0 Å². The summed E-state index contributed by atoms with van der Waals surface area (Å²) in [5.41, 5.74) is 0.109.